The van der Waals surface area contributed by atoms with Crippen LogP contribution in [0.1, 0.15) is 24.0 Å². The lowest BCUT2D eigenvalue weighted by molar-refractivity contribution is 0.580. The number of aromatic nitrogens is 1. The van der Waals surface area contributed by atoms with E-state index in [4.69, 9.17) is 0 Å². The fourth-order valence-electron chi connectivity index (χ4n) is 2.73. The van der Waals surface area contributed by atoms with E-state index in [-0.39, 0.29) is 5.75 Å². The minimum absolute atomic E-state index is 0.00208. The molecule has 0 spiro atoms. The van der Waals surface area contributed by atoms with Gasteiger partial charge in [-0.3, -0.25) is 0 Å². The van der Waals surface area contributed by atoms with Gasteiger partial charge in [0.2, 0.25) is 10.0 Å². The summed E-state index contributed by atoms with van der Waals surface area (Å²) in [4.78, 5) is 6.62. The predicted molar refractivity (Wildman–Crippen MR) is 91.6 cm³/mol. The lowest BCUT2D eigenvalue weighted by Crippen LogP contribution is -2.25. The molecule has 1 aliphatic rings. The highest BCUT2D eigenvalue weighted by Gasteiger charge is 2.15. The van der Waals surface area contributed by atoms with Crippen molar-refractivity contribution in [2.75, 3.05) is 18.0 Å². The van der Waals surface area contributed by atoms with Crippen molar-refractivity contribution in [2.24, 2.45) is 0 Å². The van der Waals surface area contributed by atoms with Crippen molar-refractivity contribution < 1.29 is 8.42 Å². The minimum atomic E-state index is -3.35. The number of hydrogen-bond donors (Lipinski definition) is 1. The van der Waals surface area contributed by atoms with Gasteiger partial charge in [-0.15, -0.1) is 0 Å². The van der Waals surface area contributed by atoms with Crippen LogP contribution in [0.5, 0.6) is 0 Å². The second-order valence-electron chi connectivity index (χ2n) is 5.78. The van der Waals surface area contributed by atoms with Gasteiger partial charge in [0.25, 0.3) is 0 Å². The van der Waals surface area contributed by atoms with E-state index in [1.54, 1.807) is 6.20 Å². The molecule has 5 nitrogen and oxygen atoms in total. The largest absolute Gasteiger partial charge is 0.357 e. The lowest BCUT2D eigenvalue weighted by Gasteiger charge is -2.17. The maximum absolute atomic E-state index is 12.2. The first-order chi connectivity index (χ1) is 11.1. The Hall–Kier alpha value is -1.92. The molecule has 0 saturated carbocycles. The van der Waals surface area contributed by atoms with E-state index >= 15 is 0 Å². The smallest absolute Gasteiger partial charge is 0.216 e. The standard InChI is InChI=1S/C17H21N3O2S/c21-23(22,14-15-6-2-1-3-7-15)19-13-16-8-9-18-17(12-16)20-10-4-5-11-20/h1-3,6-9,12,19H,4-5,10-11,13-14H2. The van der Waals surface area contributed by atoms with Gasteiger partial charge in [-0.1, -0.05) is 30.3 Å². The van der Waals surface area contributed by atoms with Gasteiger partial charge in [0.1, 0.15) is 5.82 Å². The maximum Gasteiger partial charge on any atom is 0.216 e. The van der Waals surface area contributed by atoms with Gasteiger partial charge in [-0.25, -0.2) is 18.1 Å². The molecule has 1 N–H and O–H groups in total. The Morgan fingerprint density at radius 3 is 2.52 bits per heavy atom. The van der Waals surface area contributed by atoms with Gasteiger partial charge in [0.15, 0.2) is 0 Å². The van der Waals surface area contributed by atoms with Crippen molar-refractivity contribution in [3.05, 3.63) is 59.8 Å². The summed E-state index contributed by atoms with van der Waals surface area (Å²) in [5.74, 6) is 0.931. The van der Waals surface area contributed by atoms with Gasteiger partial charge >= 0.3 is 0 Å². The van der Waals surface area contributed by atoms with Crippen LogP contribution in [0.4, 0.5) is 5.82 Å². The van der Waals surface area contributed by atoms with Gasteiger partial charge in [0.05, 0.1) is 5.75 Å². The summed E-state index contributed by atoms with van der Waals surface area (Å²) in [6, 6.07) is 13.0. The summed E-state index contributed by atoms with van der Waals surface area (Å²) in [6.07, 6.45) is 4.12. The molecule has 1 fully saturated rings. The van der Waals surface area contributed by atoms with E-state index in [0.717, 1.165) is 30.0 Å². The minimum Gasteiger partial charge on any atom is -0.357 e. The first-order valence-electron chi connectivity index (χ1n) is 7.83. The van der Waals surface area contributed by atoms with Crippen molar-refractivity contribution >= 4 is 15.8 Å². The van der Waals surface area contributed by atoms with E-state index in [0.29, 0.717) is 6.54 Å². The highest BCUT2D eigenvalue weighted by molar-refractivity contribution is 7.88. The summed E-state index contributed by atoms with van der Waals surface area (Å²) in [6.45, 7) is 2.34. The Morgan fingerprint density at radius 1 is 1.04 bits per heavy atom. The van der Waals surface area contributed by atoms with Crippen LogP contribution in [-0.2, 0) is 22.3 Å². The molecule has 0 atom stereocenters. The van der Waals surface area contributed by atoms with Crippen molar-refractivity contribution in [2.45, 2.75) is 25.1 Å². The molecular weight excluding hydrogens is 310 g/mol. The molecule has 2 heterocycles. The Kier molecular flexibility index (Phi) is 4.93. The van der Waals surface area contributed by atoms with E-state index in [1.807, 2.05) is 42.5 Å². The zero-order valence-electron chi connectivity index (χ0n) is 13.0. The third kappa shape index (κ3) is 4.53. The number of benzene rings is 1. The Balaban J connectivity index is 1.62. The Morgan fingerprint density at radius 2 is 1.78 bits per heavy atom. The fraction of sp³-hybridized carbons (Fsp3) is 0.353. The van der Waals surface area contributed by atoms with Crippen molar-refractivity contribution in [3.8, 4) is 0 Å². The normalized spacial score (nSPS) is 15.0. The molecule has 23 heavy (non-hydrogen) atoms. The van der Waals surface area contributed by atoms with Crippen molar-refractivity contribution in [1.82, 2.24) is 9.71 Å². The zero-order chi connectivity index (χ0) is 16.1. The average molecular weight is 331 g/mol. The Labute approximate surface area is 137 Å². The average Bonchev–Trinajstić information content (AvgIpc) is 3.08. The summed E-state index contributed by atoms with van der Waals surface area (Å²) in [7, 11) is -3.35. The molecule has 1 aromatic carbocycles. The molecule has 0 unspecified atom stereocenters. The molecule has 1 aromatic heterocycles. The first kappa shape index (κ1) is 16.0. The monoisotopic (exact) mass is 331 g/mol. The summed E-state index contributed by atoms with van der Waals surface area (Å²) < 4.78 is 27.0. The third-order valence-corrected chi connectivity index (χ3v) is 5.23. The number of rotatable bonds is 6. The molecule has 0 aliphatic carbocycles. The zero-order valence-corrected chi connectivity index (χ0v) is 13.8. The first-order valence-corrected chi connectivity index (χ1v) is 9.49. The third-order valence-electron chi connectivity index (χ3n) is 3.94. The van der Waals surface area contributed by atoms with Crippen LogP contribution < -0.4 is 9.62 Å². The van der Waals surface area contributed by atoms with Crippen LogP contribution in [0, 0.1) is 0 Å². The number of hydrogen-bond acceptors (Lipinski definition) is 4. The molecule has 2 aromatic rings. The maximum atomic E-state index is 12.2. The highest BCUT2D eigenvalue weighted by atomic mass is 32.2. The molecule has 122 valence electrons. The van der Waals surface area contributed by atoms with Crippen LogP contribution >= 0.6 is 0 Å². The molecular formula is C17H21N3O2S. The van der Waals surface area contributed by atoms with Crippen LogP contribution in [0.3, 0.4) is 0 Å². The van der Waals surface area contributed by atoms with Gasteiger partial charge in [-0.05, 0) is 36.1 Å². The predicted octanol–water partition coefficient (Wildman–Crippen LogP) is 2.30. The highest BCUT2D eigenvalue weighted by Crippen LogP contribution is 2.18. The van der Waals surface area contributed by atoms with Gasteiger partial charge in [-0.2, -0.15) is 0 Å². The lowest BCUT2D eigenvalue weighted by atomic mass is 10.2. The summed E-state index contributed by atoms with van der Waals surface area (Å²) in [5.41, 5.74) is 1.71. The SMILES string of the molecule is O=S(=O)(Cc1ccccc1)NCc1ccnc(N2CCCC2)c1. The molecule has 0 bridgehead atoms. The topological polar surface area (TPSA) is 62.3 Å². The van der Waals surface area contributed by atoms with E-state index in [1.165, 1.54) is 12.8 Å². The fourth-order valence-corrected chi connectivity index (χ4v) is 3.85. The molecule has 0 radical (unpaired) electrons. The molecule has 1 saturated heterocycles. The summed E-state index contributed by atoms with van der Waals surface area (Å²) in [5, 5.41) is 0. The van der Waals surface area contributed by atoms with Gasteiger partial charge < -0.3 is 4.90 Å². The molecule has 3 rings (SSSR count). The van der Waals surface area contributed by atoms with Crippen molar-refractivity contribution in [1.29, 1.82) is 0 Å². The van der Waals surface area contributed by atoms with Crippen molar-refractivity contribution in [3.63, 3.8) is 0 Å². The molecule has 0 amide bonds. The van der Waals surface area contributed by atoms with E-state index in [9.17, 15) is 8.42 Å². The number of nitrogens with zero attached hydrogens (tertiary/aromatic N) is 2. The van der Waals surface area contributed by atoms with Gasteiger partial charge in [0, 0.05) is 25.8 Å². The van der Waals surface area contributed by atoms with E-state index in [2.05, 4.69) is 14.6 Å². The number of anilines is 1. The second-order valence-corrected chi connectivity index (χ2v) is 7.59. The quantitative estimate of drug-likeness (QED) is 0.882. The summed E-state index contributed by atoms with van der Waals surface area (Å²) >= 11 is 0. The number of nitrogens with one attached hydrogen (secondary N) is 1. The molecule has 6 heteroatoms. The van der Waals surface area contributed by atoms with Crippen LogP contribution in [0.15, 0.2) is 48.7 Å². The number of sulfonamides is 1. The molecule has 1 aliphatic heterocycles. The second kappa shape index (κ2) is 7.10. The van der Waals surface area contributed by atoms with Crippen LogP contribution in [0.25, 0.3) is 0 Å². The van der Waals surface area contributed by atoms with E-state index < -0.39 is 10.0 Å². The Bertz CT molecular complexity index is 741. The number of pyridine rings is 1. The van der Waals surface area contributed by atoms with Crippen LogP contribution in [-0.4, -0.2) is 26.5 Å². The van der Waals surface area contributed by atoms with Crippen LogP contribution in [0.2, 0.25) is 0 Å².